The highest BCUT2D eigenvalue weighted by molar-refractivity contribution is 5.87. The molecule has 0 fully saturated rings. The normalized spacial score (nSPS) is 13.2. The van der Waals surface area contributed by atoms with Crippen LogP contribution in [0, 0.1) is 0 Å². The van der Waals surface area contributed by atoms with Gasteiger partial charge in [0.1, 0.15) is 6.04 Å². The summed E-state index contributed by atoms with van der Waals surface area (Å²) in [6.07, 6.45) is -0.580. The average molecular weight is 274 g/mol. The van der Waals surface area contributed by atoms with Gasteiger partial charge in [0.15, 0.2) is 0 Å². The predicted molar refractivity (Wildman–Crippen MR) is 64.3 cm³/mol. The van der Waals surface area contributed by atoms with E-state index >= 15 is 0 Å². The van der Waals surface area contributed by atoms with Gasteiger partial charge in [-0.1, -0.05) is 0 Å². The summed E-state index contributed by atoms with van der Waals surface area (Å²) in [6, 6.07) is -1.59. The Morgan fingerprint density at radius 1 is 1.05 bits per heavy atom. The van der Waals surface area contributed by atoms with Crippen LogP contribution in [-0.4, -0.2) is 46.0 Å². The Bertz CT molecular complexity index is 368. The van der Waals surface area contributed by atoms with Crippen LogP contribution in [0.15, 0.2) is 0 Å². The van der Waals surface area contributed by atoms with Crippen molar-refractivity contribution in [2.45, 2.75) is 45.2 Å². The largest absolute Gasteiger partial charge is 0.481 e. The summed E-state index contributed by atoms with van der Waals surface area (Å²) < 4.78 is 0. The third-order valence-electron chi connectivity index (χ3n) is 2.21. The van der Waals surface area contributed by atoms with Crippen LogP contribution in [0.4, 0.5) is 0 Å². The molecular weight excluding hydrogens is 256 g/mol. The van der Waals surface area contributed by atoms with Crippen LogP contribution >= 0.6 is 0 Å². The lowest BCUT2D eigenvalue weighted by molar-refractivity contribution is -0.138. The number of hydrogen-bond acceptors (Lipinski definition) is 4. The number of carbonyl (C=O) groups excluding carboxylic acids is 2. The molecular formula is C11H18N2O6. The van der Waals surface area contributed by atoms with Gasteiger partial charge in [-0.3, -0.25) is 19.2 Å². The smallest absolute Gasteiger partial charge is 0.305 e. The van der Waals surface area contributed by atoms with E-state index in [0.29, 0.717) is 0 Å². The zero-order valence-corrected chi connectivity index (χ0v) is 10.8. The van der Waals surface area contributed by atoms with Crippen molar-refractivity contribution in [1.29, 1.82) is 0 Å². The molecule has 0 saturated heterocycles. The molecule has 4 N–H and O–H groups in total. The van der Waals surface area contributed by atoms with Gasteiger partial charge >= 0.3 is 11.9 Å². The molecule has 0 spiro atoms. The van der Waals surface area contributed by atoms with Gasteiger partial charge in [0.25, 0.3) is 0 Å². The molecule has 0 rings (SSSR count). The van der Waals surface area contributed by atoms with E-state index in [1.54, 1.807) is 0 Å². The van der Waals surface area contributed by atoms with Crippen LogP contribution in [-0.2, 0) is 19.2 Å². The third-order valence-corrected chi connectivity index (χ3v) is 2.21. The molecule has 0 bridgehead atoms. The molecule has 0 radical (unpaired) electrons. The fourth-order valence-electron chi connectivity index (χ4n) is 1.44. The minimum absolute atomic E-state index is 0.0550. The highest BCUT2D eigenvalue weighted by Gasteiger charge is 2.22. The second kappa shape index (κ2) is 8.06. The molecule has 108 valence electrons. The van der Waals surface area contributed by atoms with Crippen molar-refractivity contribution in [3.63, 3.8) is 0 Å². The maximum Gasteiger partial charge on any atom is 0.305 e. The summed E-state index contributed by atoms with van der Waals surface area (Å²) in [5.74, 6) is -3.20. The minimum Gasteiger partial charge on any atom is -0.481 e. The Kier molecular flexibility index (Phi) is 7.16. The molecule has 0 aromatic rings. The number of hydrogen-bond donors (Lipinski definition) is 4. The van der Waals surface area contributed by atoms with E-state index in [2.05, 4.69) is 10.6 Å². The van der Waals surface area contributed by atoms with E-state index < -0.39 is 35.8 Å². The first-order chi connectivity index (χ1) is 8.72. The number of amides is 2. The van der Waals surface area contributed by atoms with Gasteiger partial charge in [-0.25, -0.2) is 0 Å². The Labute approximate surface area is 110 Å². The first-order valence-corrected chi connectivity index (χ1v) is 5.73. The molecule has 0 aliphatic carbocycles. The quantitative estimate of drug-likeness (QED) is 0.464. The number of carboxylic acid groups (broad SMARTS) is 2. The summed E-state index contributed by atoms with van der Waals surface area (Å²) in [4.78, 5) is 43.6. The van der Waals surface area contributed by atoms with Crippen LogP contribution in [0.5, 0.6) is 0 Å². The lowest BCUT2D eigenvalue weighted by Gasteiger charge is -2.19. The number of rotatable bonds is 8. The summed E-state index contributed by atoms with van der Waals surface area (Å²) in [5.41, 5.74) is 0. The molecule has 2 amide bonds. The maximum atomic E-state index is 11.8. The molecule has 0 aromatic heterocycles. The van der Waals surface area contributed by atoms with E-state index in [4.69, 9.17) is 10.2 Å². The molecule has 0 aromatic carbocycles. The Hall–Kier alpha value is -2.12. The van der Waals surface area contributed by atoms with Crippen molar-refractivity contribution in [2.24, 2.45) is 0 Å². The summed E-state index contributed by atoms with van der Waals surface area (Å²) in [6.45, 7) is 2.72. The molecule has 8 heteroatoms. The Morgan fingerprint density at radius 3 is 2.05 bits per heavy atom. The SMILES string of the molecule is CC(=O)NC(CCC(=O)O)C(=O)NC(C)CC(=O)O. The average Bonchev–Trinajstić information content (AvgIpc) is 2.21. The second-order valence-electron chi connectivity index (χ2n) is 4.19. The molecule has 0 aliphatic rings. The highest BCUT2D eigenvalue weighted by Crippen LogP contribution is 2.00. The summed E-state index contributed by atoms with van der Waals surface area (Å²) in [7, 11) is 0. The zero-order chi connectivity index (χ0) is 15.0. The fourth-order valence-corrected chi connectivity index (χ4v) is 1.44. The molecule has 2 atom stereocenters. The van der Waals surface area contributed by atoms with E-state index in [-0.39, 0.29) is 19.3 Å². The number of nitrogens with one attached hydrogen (secondary N) is 2. The molecule has 19 heavy (non-hydrogen) atoms. The molecule has 0 saturated carbocycles. The van der Waals surface area contributed by atoms with Gasteiger partial charge in [-0.15, -0.1) is 0 Å². The zero-order valence-electron chi connectivity index (χ0n) is 10.8. The van der Waals surface area contributed by atoms with Crippen molar-refractivity contribution in [1.82, 2.24) is 10.6 Å². The maximum absolute atomic E-state index is 11.8. The van der Waals surface area contributed by atoms with E-state index in [0.717, 1.165) is 0 Å². The van der Waals surface area contributed by atoms with Crippen LogP contribution < -0.4 is 10.6 Å². The molecule has 2 unspecified atom stereocenters. The number of carbonyl (C=O) groups is 4. The van der Waals surface area contributed by atoms with Crippen molar-refractivity contribution in [3.05, 3.63) is 0 Å². The first-order valence-electron chi connectivity index (χ1n) is 5.73. The van der Waals surface area contributed by atoms with Crippen molar-refractivity contribution in [2.75, 3.05) is 0 Å². The van der Waals surface area contributed by atoms with Gasteiger partial charge in [-0.05, 0) is 13.3 Å². The Morgan fingerprint density at radius 2 is 1.63 bits per heavy atom. The summed E-state index contributed by atoms with van der Waals surface area (Å²) >= 11 is 0. The predicted octanol–water partition coefficient (Wildman–Crippen LogP) is -0.665. The monoisotopic (exact) mass is 274 g/mol. The van der Waals surface area contributed by atoms with Crippen LogP contribution in [0.25, 0.3) is 0 Å². The Balaban J connectivity index is 4.47. The topological polar surface area (TPSA) is 133 Å². The van der Waals surface area contributed by atoms with E-state index in [9.17, 15) is 19.2 Å². The standard InChI is InChI=1S/C11H18N2O6/c1-6(5-10(17)18)12-11(19)8(13-7(2)14)3-4-9(15)16/h6,8H,3-5H2,1-2H3,(H,12,19)(H,13,14)(H,15,16)(H,17,18). The van der Waals surface area contributed by atoms with Gasteiger partial charge in [0.2, 0.25) is 11.8 Å². The van der Waals surface area contributed by atoms with Gasteiger partial charge in [0, 0.05) is 19.4 Å². The highest BCUT2D eigenvalue weighted by atomic mass is 16.4. The van der Waals surface area contributed by atoms with Gasteiger partial charge < -0.3 is 20.8 Å². The fraction of sp³-hybridized carbons (Fsp3) is 0.636. The second-order valence-corrected chi connectivity index (χ2v) is 4.19. The molecule has 8 nitrogen and oxygen atoms in total. The van der Waals surface area contributed by atoms with Crippen molar-refractivity contribution >= 4 is 23.8 Å². The third kappa shape index (κ3) is 8.58. The van der Waals surface area contributed by atoms with Gasteiger partial charge in [0.05, 0.1) is 6.42 Å². The van der Waals surface area contributed by atoms with Crippen LogP contribution in [0.3, 0.4) is 0 Å². The molecule has 0 heterocycles. The van der Waals surface area contributed by atoms with Gasteiger partial charge in [-0.2, -0.15) is 0 Å². The lowest BCUT2D eigenvalue weighted by Crippen LogP contribution is -2.49. The number of aliphatic carboxylic acids is 2. The van der Waals surface area contributed by atoms with Crippen molar-refractivity contribution in [3.8, 4) is 0 Å². The first kappa shape index (κ1) is 16.9. The van der Waals surface area contributed by atoms with E-state index in [1.807, 2.05) is 0 Å². The van der Waals surface area contributed by atoms with E-state index in [1.165, 1.54) is 13.8 Å². The van der Waals surface area contributed by atoms with Crippen LogP contribution in [0.2, 0.25) is 0 Å². The van der Waals surface area contributed by atoms with Crippen molar-refractivity contribution < 1.29 is 29.4 Å². The number of carboxylic acids is 2. The molecule has 0 aliphatic heterocycles. The van der Waals surface area contributed by atoms with Crippen LogP contribution in [0.1, 0.15) is 33.1 Å². The lowest BCUT2D eigenvalue weighted by atomic mass is 10.1. The summed E-state index contributed by atoms with van der Waals surface area (Å²) in [5, 5.41) is 21.9. The minimum atomic E-state index is -1.08.